The molecule has 0 radical (unpaired) electrons. The fourth-order valence-corrected chi connectivity index (χ4v) is 6.52. The second-order valence-electron chi connectivity index (χ2n) is 12.0. The maximum atomic E-state index is 13.6. The summed E-state index contributed by atoms with van der Waals surface area (Å²) in [6.07, 6.45) is 6.30. The molecule has 2 fully saturated rings. The molecule has 2 saturated heterocycles. The first-order valence-electron chi connectivity index (χ1n) is 15.3. The summed E-state index contributed by atoms with van der Waals surface area (Å²) in [5.41, 5.74) is 0.181. The van der Waals surface area contributed by atoms with Gasteiger partial charge in [-0.15, -0.1) is 0 Å². The third-order valence-electron chi connectivity index (χ3n) is 9.37. The van der Waals surface area contributed by atoms with Gasteiger partial charge in [-0.1, -0.05) is 20.3 Å². The second-order valence-corrected chi connectivity index (χ2v) is 12.0. The molecule has 2 N–H and O–H groups in total. The molecule has 6 atom stereocenters. The average molecular weight is 582 g/mol. The van der Waals surface area contributed by atoms with Crippen LogP contribution in [0.15, 0.2) is 0 Å². The van der Waals surface area contributed by atoms with Gasteiger partial charge in [0, 0.05) is 33.4 Å². The van der Waals surface area contributed by atoms with Gasteiger partial charge in [-0.25, -0.2) is 0 Å². The van der Waals surface area contributed by atoms with Crippen molar-refractivity contribution in [2.75, 3.05) is 61.0 Å². The molecule has 0 aromatic rings. The summed E-state index contributed by atoms with van der Waals surface area (Å²) in [5, 5.41) is 5.92. The van der Waals surface area contributed by atoms with Gasteiger partial charge in [-0.05, 0) is 65.6 Å². The lowest BCUT2D eigenvalue weighted by atomic mass is 9.94. The van der Waals surface area contributed by atoms with Gasteiger partial charge in [0.2, 0.25) is 17.7 Å². The normalized spacial score (nSPS) is 24.1. The molecule has 2 heterocycles. The molecule has 0 bridgehead atoms. The first kappa shape index (κ1) is 35.1. The molecule has 0 aromatic heterocycles. The molecule has 5 unspecified atom stereocenters. The Kier molecular flexibility index (Phi) is 14.7. The first-order chi connectivity index (χ1) is 19.5. The highest BCUT2D eigenvalue weighted by atomic mass is 16.5. The van der Waals surface area contributed by atoms with Gasteiger partial charge < -0.3 is 39.6 Å². The number of carbonyl (C=O) groups is 4. The number of carbonyl (C=O) groups excluding carboxylic acids is 4. The minimum atomic E-state index is -0.530. The average Bonchev–Trinajstić information content (AvgIpc) is 3.57. The van der Waals surface area contributed by atoms with Crippen LogP contribution in [0.3, 0.4) is 0 Å². The van der Waals surface area contributed by atoms with E-state index in [9.17, 15) is 19.2 Å². The molecule has 11 nitrogen and oxygen atoms in total. The van der Waals surface area contributed by atoms with Crippen molar-refractivity contribution in [1.82, 2.24) is 25.3 Å². The number of hydrogen-bond donors (Lipinski definition) is 2. The third-order valence-corrected chi connectivity index (χ3v) is 9.37. The van der Waals surface area contributed by atoms with Gasteiger partial charge in [-0.3, -0.25) is 14.4 Å². The van der Waals surface area contributed by atoms with Crippen LogP contribution in [0.2, 0.25) is 0 Å². The van der Waals surface area contributed by atoms with Crippen LogP contribution in [0.25, 0.3) is 0 Å². The van der Waals surface area contributed by atoms with E-state index in [-0.39, 0.29) is 54.9 Å². The van der Waals surface area contributed by atoms with E-state index in [0.29, 0.717) is 12.8 Å². The monoisotopic (exact) mass is 581 g/mol. The predicted molar refractivity (Wildman–Crippen MR) is 158 cm³/mol. The number of ether oxygens (including phenoxy) is 2. The molecule has 3 amide bonds. The SMILES string of the molecule is CCCC(C(CC(=O)N1CCCC1C(OC)C(C)C(=O)NCC=O)OC)N(C)C(=O)CNCC[C@@]1(C)CCCN1C. The number of likely N-dealkylation sites (N-methyl/N-ethyl adjacent to an activating group) is 1. The smallest absolute Gasteiger partial charge is 0.236 e. The van der Waals surface area contributed by atoms with Crippen molar-refractivity contribution in [3.63, 3.8) is 0 Å². The number of methoxy groups -OCH3 is 2. The highest BCUT2D eigenvalue weighted by Gasteiger charge is 2.41. The standard InChI is InChI=1S/C30H55N5O6/c1-8-11-23(34(5)27(38)21-31-15-14-30(3)13-10-17-33(30)4)25(40-6)20-26(37)35-18-9-12-24(35)28(41-7)22(2)29(39)32-16-19-36/h19,22-25,28,31H,8-18,20-21H2,1-7H3,(H,32,39)/t22?,23?,24?,25?,28?,30-/m1/s1. The van der Waals surface area contributed by atoms with Crippen LogP contribution >= 0.6 is 0 Å². The maximum Gasteiger partial charge on any atom is 0.236 e. The van der Waals surface area contributed by atoms with Crippen LogP contribution in [-0.4, -0.2) is 130 Å². The van der Waals surface area contributed by atoms with Crippen molar-refractivity contribution in [2.24, 2.45) is 5.92 Å². The Labute approximate surface area is 247 Å². The maximum absolute atomic E-state index is 13.6. The molecule has 0 saturated carbocycles. The minimum Gasteiger partial charge on any atom is -0.379 e. The van der Waals surface area contributed by atoms with E-state index < -0.39 is 18.1 Å². The van der Waals surface area contributed by atoms with E-state index in [4.69, 9.17) is 9.47 Å². The second kappa shape index (κ2) is 17.1. The van der Waals surface area contributed by atoms with Crippen molar-refractivity contribution in [3.8, 4) is 0 Å². The Hall–Kier alpha value is -2.08. The Morgan fingerprint density at radius 1 is 1.17 bits per heavy atom. The van der Waals surface area contributed by atoms with Crippen LogP contribution in [0, 0.1) is 5.92 Å². The minimum absolute atomic E-state index is 0.0171. The number of aldehydes is 1. The molecule has 2 aliphatic rings. The van der Waals surface area contributed by atoms with E-state index >= 15 is 0 Å². The van der Waals surface area contributed by atoms with Crippen LogP contribution < -0.4 is 10.6 Å². The van der Waals surface area contributed by atoms with Gasteiger partial charge in [0.05, 0.1) is 49.7 Å². The number of amides is 3. The molecule has 0 aliphatic carbocycles. The molecule has 0 aromatic carbocycles. The number of nitrogens with zero attached hydrogens (tertiary/aromatic N) is 3. The summed E-state index contributed by atoms with van der Waals surface area (Å²) in [5.74, 6) is -0.899. The first-order valence-corrected chi connectivity index (χ1v) is 15.3. The summed E-state index contributed by atoms with van der Waals surface area (Å²) < 4.78 is 11.6. The van der Waals surface area contributed by atoms with E-state index in [2.05, 4.69) is 36.4 Å². The Bertz CT molecular complexity index is 859. The lowest BCUT2D eigenvalue weighted by molar-refractivity contribution is -0.144. The van der Waals surface area contributed by atoms with Crippen molar-refractivity contribution in [2.45, 2.75) is 102 Å². The van der Waals surface area contributed by atoms with Crippen LogP contribution in [0.1, 0.15) is 72.1 Å². The molecule has 236 valence electrons. The molecule has 41 heavy (non-hydrogen) atoms. The summed E-state index contributed by atoms with van der Waals surface area (Å²) >= 11 is 0. The molecule has 0 spiro atoms. The number of likely N-dealkylation sites (tertiary alicyclic amines) is 2. The highest BCUT2D eigenvalue weighted by Crippen LogP contribution is 2.30. The zero-order valence-electron chi connectivity index (χ0n) is 26.4. The molecular weight excluding hydrogens is 526 g/mol. The lowest BCUT2D eigenvalue weighted by Crippen LogP contribution is -2.52. The van der Waals surface area contributed by atoms with Crippen LogP contribution in [0.5, 0.6) is 0 Å². The third kappa shape index (κ3) is 9.46. The Morgan fingerprint density at radius 3 is 2.49 bits per heavy atom. The molecule has 11 heteroatoms. The van der Waals surface area contributed by atoms with Crippen molar-refractivity contribution in [3.05, 3.63) is 0 Å². The van der Waals surface area contributed by atoms with Gasteiger partial charge in [0.15, 0.2) is 0 Å². The Balaban J connectivity index is 2.00. The fourth-order valence-electron chi connectivity index (χ4n) is 6.52. The quantitative estimate of drug-likeness (QED) is 0.184. The fraction of sp³-hybridized carbons (Fsp3) is 0.867. The van der Waals surface area contributed by atoms with E-state index in [0.717, 1.165) is 45.2 Å². The summed E-state index contributed by atoms with van der Waals surface area (Å²) in [6.45, 7) is 8.76. The number of rotatable bonds is 18. The zero-order valence-corrected chi connectivity index (χ0v) is 26.4. The number of hydrogen-bond acceptors (Lipinski definition) is 8. The van der Waals surface area contributed by atoms with Gasteiger partial charge in [-0.2, -0.15) is 0 Å². The molecule has 2 aliphatic heterocycles. The topological polar surface area (TPSA) is 121 Å². The van der Waals surface area contributed by atoms with Crippen molar-refractivity contribution >= 4 is 24.0 Å². The predicted octanol–water partition coefficient (Wildman–Crippen LogP) is 1.44. The summed E-state index contributed by atoms with van der Waals surface area (Å²) in [6, 6.07) is -0.495. The van der Waals surface area contributed by atoms with E-state index in [1.54, 1.807) is 38.0 Å². The largest absolute Gasteiger partial charge is 0.379 e. The Morgan fingerprint density at radius 2 is 1.90 bits per heavy atom. The van der Waals surface area contributed by atoms with E-state index in [1.165, 1.54) is 12.8 Å². The summed E-state index contributed by atoms with van der Waals surface area (Å²) in [4.78, 5) is 56.0. The summed E-state index contributed by atoms with van der Waals surface area (Å²) in [7, 11) is 7.10. The van der Waals surface area contributed by atoms with Gasteiger partial charge in [0.25, 0.3) is 0 Å². The molecular formula is C30H55N5O6. The van der Waals surface area contributed by atoms with Gasteiger partial charge >= 0.3 is 0 Å². The highest BCUT2D eigenvalue weighted by molar-refractivity contribution is 5.82. The van der Waals surface area contributed by atoms with Crippen molar-refractivity contribution < 1.29 is 28.7 Å². The van der Waals surface area contributed by atoms with Crippen molar-refractivity contribution in [1.29, 1.82) is 0 Å². The lowest BCUT2D eigenvalue weighted by Gasteiger charge is -2.37. The van der Waals surface area contributed by atoms with Crippen LogP contribution in [-0.2, 0) is 28.7 Å². The zero-order chi connectivity index (χ0) is 30.6. The van der Waals surface area contributed by atoms with E-state index in [1.807, 2.05) is 0 Å². The molecule has 2 rings (SSSR count). The number of nitrogens with one attached hydrogen (secondary N) is 2. The van der Waals surface area contributed by atoms with Crippen LogP contribution in [0.4, 0.5) is 0 Å². The van der Waals surface area contributed by atoms with Gasteiger partial charge in [0.1, 0.15) is 6.29 Å².